The minimum absolute atomic E-state index is 0.0118. The lowest BCUT2D eigenvalue weighted by Crippen LogP contribution is -2.54. The molecule has 3 N–H and O–H groups in total. The van der Waals surface area contributed by atoms with Crippen molar-refractivity contribution in [3.63, 3.8) is 0 Å². The number of piperazine rings is 1. The number of allylic oxidation sites excluding steroid dienone is 1. The van der Waals surface area contributed by atoms with Crippen molar-refractivity contribution in [2.75, 3.05) is 30.3 Å². The molecule has 0 saturated carbocycles. The molecule has 0 spiro atoms. The van der Waals surface area contributed by atoms with E-state index in [0.29, 0.717) is 12.0 Å². The van der Waals surface area contributed by atoms with Crippen LogP contribution in [-0.2, 0) is 15.6 Å². The second-order valence-corrected chi connectivity index (χ2v) is 10.2. The van der Waals surface area contributed by atoms with Crippen LogP contribution in [0.5, 0.6) is 0 Å². The zero-order valence-corrected chi connectivity index (χ0v) is 19.2. The number of pyridine rings is 1. The fraction of sp³-hybridized carbons (Fsp3) is 0.421. The molecule has 2 atom stereocenters. The zero-order chi connectivity index (χ0) is 24.6. The quantitative estimate of drug-likeness (QED) is 0.632. The molecular formula is C19H22ClF3N6O3S. The van der Waals surface area contributed by atoms with Crippen LogP contribution in [-0.4, -0.2) is 64.6 Å². The molecule has 2 aromatic rings. The van der Waals surface area contributed by atoms with Crippen molar-refractivity contribution in [2.24, 2.45) is 0 Å². The van der Waals surface area contributed by atoms with Gasteiger partial charge in [0.1, 0.15) is 10.7 Å². The van der Waals surface area contributed by atoms with Crippen LogP contribution in [0.15, 0.2) is 46.7 Å². The number of anilines is 2. The molecular weight excluding hydrogens is 485 g/mol. The zero-order valence-electron chi connectivity index (χ0n) is 17.7. The summed E-state index contributed by atoms with van der Waals surface area (Å²) in [5.74, 6) is 0.254. The van der Waals surface area contributed by atoms with Crippen molar-refractivity contribution in [1.82, 2.24) is 19.3 Å². The highest BCUT2D eigenvalue weighted by atomic mass is 35.5. The van der Waals surface area contributed by atoms with Crippen LogP contribution in [0, 0.1) is 0 Å². The lowest BCUT2D eigenvalue weighted by Gasteiger charge is -2.39. The predicted octanol–water partition coefficient (Wildman–Crippen LogP) is 2.25. The molecule has 0 unspecified atom stereocenters. The maximum atomic E-state index is 13.1. The van der Waals surface area contributed by atoms with E-state index in [1.165, 1.54) is 22.6 Å². The largest absolute Gasteiger partial charge is 0.421 e. The number of nitrogens with zero attached hydrogens (tertiary/aromatic N) is 5. The summed E-state index contributed by atoms with van der Waals surface area (Å²) in [6.45, 7) is 2.42. The summed E-state index contributed by atoms with van der Waals surface area (Å²) in [5, 5.41) is 10.2. The Labute approximate surface area is 193 Å². The van der Waals surface area contributed by atoms with Gasteiger partial charge in [0.15, 0.2) is 5.60 Å². The highest BCUT2D eigenvalue weighted by Crippen LogP contribution is 2.38. The number of nitrogens with two attached hydrogens (primary N) is 1. The van der Waals surface area contributed by atoms with Crippen LogP contribution in [0.2, 0.25) is 0 Å². The number of aliphatic hydroxyl groups is 1. The van der Waals surface area contributed by atoms with Crippen LogP contribution in [0.3, 0.4) is 0 Å². The van der Waals surface area contributed by atoms with E-state index in [2.05, 4.69) is 15.0 Å². The van der Waals surface area contributed by atoms with Gasteiger partial charge in [0.25, 0.3) is 0 Å². The molecule has 2 aromatic heterocycles. The Morgan fingerprint density at radius 3 is 2.36 bits per heavy atom. The fourth-order valence-corrected chi connectivity index (χ4v) is 4.78. The van der Waals surface area contributed by atoms with E-state index in [4.69, 9.17) is 17.3 Å². The molecule has 0 bridgehead atoms. The van der Waals surface area contributed by atoms with Crippen LogP contribution < -0.4 is 10.6 Å². The maximum Gasteiger partial charge on any atom is 0.421 e. The first-order valence-electron chi connectivity index (χ1n) is 9.67. The highest BCUT2D eigenvalue weighted by Gasteiger charge is 2.51. The number of alkyl halides is 3. The minimum atomic E-state index is -4.91. The van der Waals surface area contributed by atoms with Gasteiger partial charge in [-0.15, -0.1) is 0 Å². The summed E-state index contributed by atoms with van der Waals surface area (Å²) < 4.78 is 66.6. The standard InChI is InChI=1S/C19H22ClF3N6O3S/c1-12(20)7-14-11-28(33(31,32)15-3-4-16(24)25-10-15)5-6-29(14)17-26-8-13(9-27-17)18(2,30)19(21,22)23/h3-4,7-10,14,30H,5-6,11H2,1-2H3,(H2,24,25)/b12-7+/t14-,18+/m0/s1. The van der Waals surface area contributed by atoms with E-state index in [9.17, 15) is 26.7 Å². The van der Waals surface area contributed by atoms with Crippen LogP contribution in [0.4, 0.5) is 24.9 Å². The van der Waals surface area contributed by atoms with Gasteiger partial charge in [-0.05, 0) is 32.1 Å². The SMILES string of the molecule is C/C(Cl)=C\[C@H]1CN(S(=O)(=O)c2ccc(N)nc2)CCN1c1ncc([C@@](C)(O)C(F)(F)F)cn1. The monoisotopic (exact) mass is 506 g/mol. The Morgan fingerprint density at radius 1 is 1.21 bits per heavy atom. The number of rotatable bonds is 5. The topological polar surface area (TPSA) is 126 Å². The maximum absolute atomic E-state index is 13.1. The molecule has 3 rings (SSSR count). The summed E-state index contributed by atoms with van der Waals surface area (Å²) in [7, 11) is -3.88. The first kappa shape index (κ1) is 25.1. The second-order valence-electron chi connectivity index (χ2n) is 7.64. The number of hydrogen-bond donors (Lipinski definition) is 2. The van der Waals surface area contributed by atoms with Crippen molar-refractivity contribution in [1.29, 1.82) is 0 Å². The van der Waals surface area contributed by atoms with Crippen LogP contribution in [0.1, 0.15) is 19.4 Å². The average molecular weight is 507 g/mol. The number of sulfonamides is 1. The van der Waals surface area contributed by atoms with Crippen molar-refractivity contribution < 1.29 is 26.7 Å². The van der Waals surface area contributed by atoms with Crippen molar-refractivity contribution in [3.8, 4) is 0 Å². The average Bonchev–Trinajstić information content (AvgIpc) is 2.73. The number of halogens is 4. The van der Waals surface area contributed by atoms with Crippen LogP contribution >= 0.6 is 11.6 Å². The van der Waals surface area contributed by atoms with E-state index in [-0.39, 0.29) is 36.3 Å². The summed E-state index contributed by atoms with van der Waals surface area (Å²) >= 11 is 6.04. The van der Waals surface area contributed by atoms with Gasteiger partial charge < -0.3 is 15.7 Å². The van der Waals surface area contributed by atoms with Gasteiger partial charge in [-0.2, -0.15) is 17.5 Å². The second kappa shape index (κ2) is 9.05. The van der Waals surface area contributed by atoms with Gasteiger partial charge in [-0.3, -0.25) is 0 Å². The molecule has 1 aliphatic rings. The summed E-state index contributed by atoms with van der Waals surface area (Å²) in [6, 6.07) is 2.15. The minimum Gasteiger partial charge on any atom is -0.384 e. The Balaban J connectivity index is 1.88. The number of hydrogen-bond acceptors (Lipinski definition) is 8. The van der Waals surface area contributed by atoms with E-state index in [1.54, 1.807) is 17.9 Å². The Bertz CT molecular complexity index is 1120. The number of nitrogen functional groups attached to an aromatic ring is 1. The number of aromatic nitrogens is 3. The molecule has 9 nitrogen and oxygen atoms in total. The molecule has 33 heavy (non-hydrogen) atoms. The lowest BCUT2D eigenvalue weighted by atomic mass is 9.99. The molecule has 0 aliphatic carbocycles. The lowest BCUT2D eigenvalue weighted by molar-refractivity contribution is -0.259. The van der Waals surface area contributed by atoms with Gasteiger partial charge in [0.05, 0.1) is 6.04 Å². The van der Waals surface area contributed by atoms with Gasteiger partial charge in [0, 0.05) is 48.8 Å². The first-order chi connectivity index (χ1) is 15.2. The fourth-order valence-electron chi connectivity index (χ4n) is 3.24. The normalized spacial score (nSPS) is 20.5. The Kier molecular flexibility index (Phi) is 6.89. The van der Waals surface area contributed by atoms with E-state index < -0.39 is 33.4 Å². The molecule has 14 heteroatoms. The summed E-state index contributed by atoms with van der Waals surface area (Å²) in [4.78, 5) is 13.4. The third-order valence-corrected chi connectivity index (χ3v) is 7.18. The summed E-state index contributed by atoms with van der Waals surface area (Å²) in [5.41, 5.74) is 1.90. The van der Waals surface area contributed by atoms with E-state index >= 15 is 0 Å². The Morgan fingerprint density at radius 2 is 1.85 bits per heavy atom. The van der Waals surface area contributed by atoms with Crippen molar-refractivity contribution in [3.05, 3.63) is 47.4 Å². The van der Waals surface area contributed by atoms with Gasteiger partial charge in [-0.1, -0.05) is 11.6 Å². The highest BCUT2D eigenvalue weighted by molar-refractivity contribution is 7.89. The third-order valence-electron chi connectivity index (χ3n) is 5.21. The van der Waals surface area contributed by atoms with Gasteiger partial charge in [0.2, 0.25) is 16.0 Å². The first-order valence-corrected chi connectivity index (χ1v) is 11.5. The molecule has 0 radical (unpaired) electrons. The molecule has 0 aromatic carbocycles. The van der Waals surface area contributed by atoms with Crippen molar-refractivity contribution >= 4 is 33.4 Å². The predicted molar refractivity (Wildman–Crippen MR) is 116 cm³/mol. The molecule has 180 valence electrons. The van der Waals surface area contributed by atoms with Crippen molar-refractivity contribution in [2.45, 2.75) is 36.6 Å². The smallest absolute Gasteiger partial charge is 0.384 e. The summed E-state index contributed by atoms with van der Waals surface area (Å²) in [6.07, 6.45) is -0.340. The molecule has 1 aliphatic heterocycles. The van der Waals surface area contributed by atoms with Crippen LogP contribution in [0.25, 0.3) is 0 Å². The molecule has 0 amide bonds. The molecule has 1 saturated heterocycles. The van der Waals surface area contributed by atoms with E-state index in [1.807, 2.05) is 0 Å². The Hall–Kier alpha value is -2.48. The third kappa shape index (κ3) is 5.21. The van der Waals surface area contributed by atoms with E-state index in [0.717, 1.165) is 12.4 Å². The molecule has 3 heterocycles. The van der Waals surface area contributed by atoms with Gasteiger partial charge >= 0.3 is 6.18 Å². The molecule has 1 fully saturated rings. The van der Waals surface area contributed by atoms with Gasteiger partial charge in [-0.25, -0.2) is 23.4 Å².